The fourth-order valence-corrected chi connectivity index (χ4v) is 6.96. The summed E-state index contributed by atoms with van der Waals surface area (Å²) in [5.41, 5.74) is 1.75. The van der Waals surface area contributed by atoms with Crippen LogP contribution < -0.4 is 14.8 Å². The Kier molecular flexibility index (Phi) is 5.57. The van der Waals surface area contributed by atoms with E-state index in [-0.39, 0.29) is 0 Å². The molecule has 0 aromatic heterocycles. The molecule has 1 aromatic carbocycles. The van der Waals surface area contributed by atoms with Gasteiger partial charge >= 0.3 is 0 Å². The number of hydrogen-bond acceptors (Lipinski definition) is 3. The third kappa shape index (κ3) is 3.80. The summed E-state index contributed by atoms with van der Waals surface area (Å²) in [6.45, 7) is 7.46. The number of ether oxygens (including phenoxy) is 2. The minimum Gasteiger partial charge on any atom is -0.493 e. The van der Waals surface area contributed by atoms with E-state index >= 15 is 0 Å². The van der Waals surface area contributed by atoms with Gasteiger partial charge in [-0.2, -0.15) is 0 Å². The van der Waals surface area contributed by atoms with Crippen LogP contribution in [0, 0.1) is 23.2 Å². The summed E-state index contributed by atoms with van der Waals surface area (Å²) >= 11 is 3.64. The summed E-state index contributed by atoms with van der Waals surface area (Å²) in [5.74, 6) is 4.50. The molecule has 1 unspecified atom stereocenters. The van der Waals surface area contributed by atoms with E-state index in [2.05, 4.69) is 46.9 Å². The Morgan fingerprint density at radius 3 is 2.41 bits per heavy atom. The predicted octanol–water partition coefficient (Wildman–Crippen LogP) is 5.72. The van der Waals surface area contributed by atoms with Gasteiger partial charge in [0.05, 0.1) is 11.6 Å². The summed E-state index contributed by atoms with van der Waals surface area (Å²) < 4.78 is 12.2. The van der Waals surface area contributed by atoms with Crippen molar-refractivity contribution in [1.29, 1.82) is 0 Å². The molecule has 1 atom stereocenters. The van der Waals surface area contributed by atoms with Gasteiger partial charge in [0.2, 0.25) is 0 Å². The van der Waals surface area contributed by atoms with E-state index in [0.717, 1.165) is 40.3 Å². The third-order valence-electron chi connectivity index (χ3n) is 7.25. The zero-order chi connectivity index (χ0) is 19.0. The van der Waals surface area contributed by atoms with Crippen molar-refractivity contribution in [2.45, 2.75) is 58.0 Å². The van der Waals surface area contributed by atoms with E-state index in [4.69, 9.17) is 9.47 Å². The molecule has 4 heteroatoms. The minimum atomic E-state index is 0.468. The van der Waals surface area contributed by atoms with Crippen LogP contribution >= 0.6 is 15.9 Å². The van der Waals surface area contributed by atoms with Crippen LogP contribution in [0.5, 0.6) is 11.5 Å². The Balaban J connectivity index is 1.44. The van der Waals surface area contributed by atoms with Gasteiger partial charge in [-0.25, -0.2) is 0 Å². The quantitative estimate of drug-likeness (QED) is 0.531. The summed E-state index contributed by atoms with van der Waals surface area (Å²) in [4.78, 5) is 0. The second kappa shape index (κ2) is 7.79. The van der Waals surface area contributed by atoms with Crippen LogP contribution in [0.3, 0.4) is 0 Å². The highest BCUT2D eigenvalue weighted by molar-refractivity contribution is 9.10. The fourth-order valence-electron chi connectivity index (χ4n) is 6.35. The first-order chi connectivity index (χ1) is 13.0. The molecule has 0 heterocycles. The zero-order valence-electron chi connectivity index (χ0n) is 16.6. The molecule has 0 radical (unpaired) electrons. The second-order valence-corrected chi connectivity index (χ2v) is 9.95. The van der Waals surface area contributed by atoms with Crippen LogP contribution in [-0.4, -0.2) is 19.8 Å². The molecule has 1 N–H and O–H groups in total. The molecule has 4 aliphatic carbocycles. The SMILES string of the molecule is C=CCOc1c(Br)cc(CNC(C)C23CC4CC(CC(C4)C2)C3)cc1OC. The normalized spacial score (nSPS) is 32.3. The van der Waals surface area contributed by atoms with Crippen molar-refractivity contribution in [3.63, 3.8) is 0 Å². The van der Waals surface area contributed by atoms with E-state index in [0.29, 0.717) is 18.1 Å². The standard InChI is InChI=1S/C23H32BrNO2/c1-4-5-27-22-20(24)9-19(10-21(22)26-3)14-25-15(2)23-11-16-6-17(12-23)8-18(7-16)13-23/h4,9-10,15-18,25H,1,5-8,11-14H2,2-3H3. The van der Waals surface area contributed by atoms with Gasteiger partial charge in [0.15, 0.2) is 11.5 Å². The molecule has 4 aliphatic rings. The van der Waals surface area contributed by atoms with Crippen molar-refractivity contribution in [2.75, 3.05) is 13.7 Å². The first kappa shape index (κ1) is 19.3. The molecule has 0 spiro atoms. The topological polar surface area (TPSA) is 30.5 Å². The maximum Gasteiger partial charge on any atom is 0.175 e. The largest absolute Gasteiger partial charge is 0.493 e. The van der Waals surface area contributed by atoms with Crippen LogP contribution in [0.4, 0.5) is 0 Å². The molecule has 5 rings (SSSR count). The molecule has 148 valence electrons. The molecule has 0 amide bonds. The Labute approximate surface area is 172 Å². The van der Waals surface area contributed by atoms with Gasteiger partial charge in [0.1, 0.15) is 6.61 Å². The fraction of sp³-hybridized carbons (Fsp3) is 0.652. The molecular formula is C23H32BrNO2. The lowest BCUT2D eigenvalue weighted by Crippen LogP contribution is -2.54. The lowest BCUT2D eigenvalue weighted by Gasteiger charge is -2.59. The van der Waals surface area contributed by atoms with Crippen molar-refractivity contribution in [1.82, 2.24) is 5.32 Å². The summed E-state index contributed by atoms with van der Waals surface area (Å²) in [6.07, 6.45) is 10.6. The molecular weight excluding hydrogens is 402 g/mol. The van der Waals surface area contributed by atoms with E-state index in [9.17, 15) is 0 Å². The number of hydrogen-bond donors (Lipinski definition) is 1. The monoisotopic (exact) mass is 433 g/mol. The smallest absolute Gasteiger partial charge is 0.175 e. The molecule has 4 fully saturated rings. The Bertz CT molecular complexity index is 667. The van der Waals surface area contributed by atoms with Gasteiger partial charge < -0.3 is 14.8 Å². The van der Waals surface area contributed by atoms with Crippen LogP contribution in [0.2, 0.25) is 0 Å². The molecule has 1 aromatic rings. The summed E-state index contributed by atoms with van der Waals surface area (Å²) in [7, 11) is 1.69. The van der Waals surface area contributed by atoms with Crippen molar-refractivity contribution in [3.05, 3.63) is 34.8 Å². The van der Waals surface area contributed by atoms with Gasteiger partial charge in [0, 0.05) is 12.6 Å². The molecule has 27 heavy (non-hydrogen) atoms. The van der Waals surface area contributed by atoms with E-state index in [1.807, 2.05) is 0 Å². The van der Waals surface area contributed by atoms with Crippen molar-refractivity contribution in [3.8, 4) is 11.5 Å². The highest BCUT2D eigenvalue weighted by atomic mass is 79.9. The number of benzene rings is 1. The molecule has 4 saturated carbocycles. The summed E-state index contributed by atoms with van der Waals surface area (Å²) in [5, 5.41) is 3.86. The third-order valence-corrected chi connectivity index (χ3v) is 7.84. The first-order valence-corrected chi connectivity index (χ1v) is 11.2. The van der Waals surface area contributed by atoms with Gasteiger partial charge in [0.25, 0.3) is 0 Å². The van der Waals surface area contributed by atoms with Crippen LogP contribution in [0.1, 0.15) is 51.0 Å². The van der Waals surface area contributed by atoms with Gasteiger partial charge in [-0.15, -0.1) is 0 Å². The van der Waals surface area contributed by atoms with Gasteiger partial charge in [-0.1, -0.05) is 12.7 Å². The van der Waals surface area contributed by atoms with E-state index in [1.54, 1.807) is 13.2 Å². The Hall–Kier alpha value is -1.00. The van der Waals surface area contributed by atoms with E-state index < -0.39 is 0 Å². The van der Waals surface area contributed by atoms with Crippen molar-refractivity contribution >= 4 is 15.9 Å². The van der Waals surface area contributed by atoms with E-state index in [1.165, 1.54) is 44.1 Å². The highest BCUT2D eigenvalue weighted by Gasteiger charge is 2.52. The van der Waals surface area contributed by atoms with Crippen LogP contribution in [0.15, 0.2) is 29.3 Å². The summed E-state index contributed by atoms with van der Waals surface area (Å²) in [6, 6.07) is 4.79. The second-order valence-electron chi connectivity index (χ2n) is 9.09. The predicted molar refractivity (Wildman–Crippen MR) is 113 cm³/mol. The van der Waals surface area contributed by atoms with Crippen LogP contribution in [0.25, 0.3) is 0 Å². The molecule has 4 bridgehead atoms. The van der Waals surface area contributed by atoms with Crippen molar-refractivity contribution < 1.29 is 9.47 Å². The maximum absolute atomic E-state index is 5.74. The van der Waals surface area contributed by atoms with Crippen LogP contribution in [-0.2, 0) is 6.54 Å². The van der Waals surface area contributed by atoms with Gasteiger partial charge in [-0.3, -0.25) is 0 Å². The first-order valence-electron chi connectivity index (χ1n) is 10.4. The van der Waals surface area contributed by atoms with Crippen molar-refractivity contribution in [2.24, 2.45) is 23.2 Å². The average Bonchev–Trinajstić information content (AvgIpc) is 2.63. The number of halogens is 1. The Morgan fingerprint density at radius 1 is 1.22 bits per heavy atom. The van der Waals surface area contributed by atoms with Gasteiger partial charge in [-0.05, 0) is 102 Å². The number of methoxy groups -OCH3 is 1. The average molecular weight is 434 g/mol. The molecule has 0 saturated heterocycles. The molecule has 3 nitrogen and oxygen atoms in total. The lowest BCUT2D eigenvalue weighted by molar-refractivity contribution is -0.0706. The number of nitrogens with one attached hydrogen (secondary N) is 1. The lowest BCUT2D eigenvalue weighted by atomic mass is 9.48. The highest BCUT2D eigenvalue weighted by Crippen LogP contribution is 2.61. The zero-order valence-corrected chi connectivity index (χ0v) is 18.2. The Morgan fingerprint density at radius 2 is 1.85 bits per heavy atom. The maximum atomic E-state index is 5.74. The minimum absolute atomic E-state index is 0.468. The number of rotatable bonds is 8. The molecule has 0 aliphatic heterocycles.